The van der Waals surface area contributed by atoms with Crippen LogP contribution >= 0.6 is 11.6 Å². The molecule has 144 valence electrons. The van der Waals surface area contributed by atoms with Crippen molar-refractivity contribution in [2.24, 2.45) is 7.05 Å². The summed E-state index contributed by atoms with van der Waals surface area (Å²) < 4.78 is 26.4. The Morgan fingerprint density at radius 2 is 2.00 bits per heavy atom. The van der Waals surface area contributed by atoms with Crippen molar-refractivity contribution < 1.29 is 18.7 Å². The number of hydrogen-bond acceptors (Lipinski definition) is 5. The maximum absolute atomic E-state index is 14.6. The molecule has 2 aromatic rings. The molecule has 1 aliphatic carbocycles. The van der Waals surface area contributed by atoms with Gasteiger partial charge >= 0.3 is 11.7 Å². The molecule has 1 aromatic heterocycles. The van der Waals surface area contributed by atoms with Crippen LogP contribution in [0.1, 0.15) is 28.0 Å². The van der Waals surface area contributed by atoms with Gasteiger partial charge in [0.2, 0.25) is 0 Å². The largest absolute Gasteiger partial charge is 0.460 e. The Bertz CT molecular complexity index is 1030. The lowest BCUT2D eigenvalue weighted by atomic mass is 10.1. The first kappa shape index (κ1) is 19.3. The highest BCUT2D eigenvalue weighted by Crippen LogP contribution is 2.24. The Kier molecular flexibility index (Phi) is 5.48. The van der Waals surface area contributed by atoms with Crippen LogP contribution in [0.25, 0.3) is 5.69 Å². The van der Waals surface area contributed by atoms with Gasteiger partial charge in [0.25, 0.3) is 5.56 Å². The van der Waals surface area contributed by atoms with Gasteiger partial charge in [-0.25, -0.2) is 18.5 Å². The van der Waals surface area contributed by atoms with E-state index < -0.39 is 23.0 Å². The number of aromatic nitrogens is 2. The number of nitrogens with zero attached hydrogens (tertiary/aromatic N) is 2. The first-order chi connectivity index (χ1) is 12.9. The number of methoxy groups -OCH3 is 1. The maximum Gasteiger partial charge on any atom is 0.339 e. The molecule has 0 N–H and O–H groups in total. The summed E-state index contributed by atoms with van der Waals surface area (Å²) in [6.45, 7) is 0.168. The summed E-state index contributed by atoms with van der Waals surface area (Å²) in [6.07, 6.45) is 1.89. The summed E-state index contributed by atoms with van der Waals surface area (Å²) in [4.78, 5) is 37.7. The fourth-order valence-corrected chi connectivity index (χ4v) is 3.42. The fourth-order valence-electron chi connectivity index (χ4n) is 3.19. The zero-order chi connectivity index (χ0) is 19.7. The number of benzene rings is 1. The van der Waals surface area contributed by atoms with Crippen molar-refractivity contribution in [2.75, 3.05) is 20.3 Å². The van der Waals surface area contributed by atoms with E-state index in [9.17, 15) is 18.8 Å². The van der Waals surface area contributed by atoms with Crippen LogP contribution < -0.4 is 11.2 Å². The van der Waals surface area contributed by atoms with Crippen molar-refractivity contribution in [3.05, 3.63) is 60.6 Å². The van der Waals surface area contributed by atoms with E-state index in [0.29, 0.717) is 24.1 Å². The van der Waals surface area contributed by atoms with E-state index in [0.717, 1.165) is 23.1 Å². The summed E-state index contributed by atoms with van der Waals surface area (Å²) in [7, 11) is 2.99. The molecule has 0 aliphatic heterocycles. The predicted molar refractivity (Wildman–Crippen MR) is 96.4 cm³/mol. The molecule has 0 radical (unpaired) electrons. The van der Waals surface area contributed by atoms with Crippen molar-refractivity contribution >= 4 is 17.6 Å². The molecule has 0 saturated heterocycles. The quantitative estimate of drug-likeness (QED) is 0.567. The van der Waals surface area contributed by atoms with E-state index in [1.54, 1.807) is 0 Å². The molecule has 9 heteroatoms. The van der Waals surface area contributed by atoms with E-state index >= 15 is 0 Å². The molecule has 1 aliphatic rings. The molecular formula is C18H18ClFN2O5. The average molecular weight is 397 g/mol. The number of hydrogen-bond donors (Lipinski definition) is 0. The highest BCUT2D eigenvalue weighted by Gasteiger charge is 2.25. The Morgan fingerprint density at radius 1 is 1.26 bits per heavy atom. The van der Waals surface area contributed by atoms with E-state index in [1.165, 1.54) is 18.7 Å². The number of carbonyl (C=O) groups excluding carboxylic acids is 1. The van der Waals surface area contributed by atoms with Gasteiger partial charge in [0.05, 0.1) is 22.9 Å². The van der Waals surface area contributed by atoms with Gasteiger partial charge in [0.15, 0.2) is 0 Å². The second kappa shape index (κ2) is 7.66. The van der Waals surface area contributed by atoms with Gasteiger partial charge in [-0.15, -0.1) is 0 Å². The normalized spacial score (nSPS) is 12.9. The molecule has 0 amide bonds. The van der Waals surface area contributed by atoms with Crippen molar-refractivity contribution in [3.63, 3.8) is 0 Å². The van der Waals surface area contributed by atoms with Gasteiger partial charge in [-0.2, -0.15) is 0 Å². The van der Waals surface area contributed by atoms with Gasteiger partial charge in [-0.1, -0.05) is 11.6 Å². The third-order valence-corrected chi connectivity index (χ3v) is 4.86. The molecule has 0 saturated carbocycles. The van der Waals surface area contributed by atoms with Crippen LogP contribution in [-0.4, -0.2) is 35.4 Å². The van der Waals surface area contributed by atoms with Crippen LogP contribution in [-0.2, 0) is 29.4 Å². The molecule has 27 heavy (non-hydrogen) atoms. The minimum Gasteiger partial charge on any atom is -0.460 e. The van der Waals surface area contributed by atoms with Crippen molar-refractivity contribution in [3.8, 4) is 5.69 Å². The van der Waals surface area contributed by atoms with E-state index in [4.69, 9.17) is 21.1 Å². The molecule has 1 aromatic carbocycles. The van der Waals surface area contributed by atoms with E-state index in [-0.39, 0.29) is 29.5 Å². The smallest absolute Gasteiger partial charge is 0.339 e. The van der Waals surface area contributed by atoms with Crippen LogP contribution in [0.5, 0.6) is 0 Å². The second-order valence-electron chi connectivity index (χ2n) is 6.17. The Morgan fingerprint density at radius 3 is 2.70 bits per heavy atom. The first-order valence-corrected chi connectivity index (χ1v) is 8.74. The van der Waals surface area contributed by atoms with Crippen molar-refractivity contribution in [1.29, 1.82) is 0 Å². The van der Waals surface area contributed by atoms with Gasteiger partial charge in [-0.3, -0.25) is 4.79 Å². The topological polar surface area (TPSA) is 79.5 Å². The molecule has 0 bridgehead atoms. The number of esters is 1. The summed E-state index contributed by atoms with van der Waals surface area (Å²) in [6, 6.07) is 1.96. The van der Waals surface area contributed by atoms with Gasteiger partial charge in [0.1, 0.15) is 12.4 Å². The Labute approximate surface area is 158 Å². The van der Waals surface area contributed by atoms with Crippen molar-refractivity contribution in [1.82, 2.24) is 9.13 Å². The Hall–Kier alpha value is -2.45. The van der Waals surface area contributed by atoms with Crippen molar-refractivity contribution in [2.45, 2.75) is 19.3 Å². The van der Waals surface area contributed by atoms with Crippen LogP contribution in [0, 0.1) is 5.82 Å². The zero-order valence-corrected chi connectivity index (χ0v) is 15.6. The number of halogens is 2. The average Bonchev–Trinajstić information content (AvgIpc) is 3.12. The van der Waals surface area contributed by atoms with Crippen LogP contribution in [0.2, 0.25) is 5.02 Å². The van der Waals surface area contributed by atoms with Gasteiger partial charge < -0.3 is 14.0 Å². The molecule has 0 fully saturated rings. The standard InChI is InChI=1S/C18H18ClFN2O5/c1-21-14-5-3-4-10(14)16(23)22(18(21)25)15-8-11(12(19)9-13(15)20)17(24)27-7-6-26-2/h8-9H,3-7H2,1-2H3. The number of carbonyl (C=O) groups is 1. The molecule has 3 rings (SSSR count). The maximum atomic E-state index is 14.6. The molecule has 0 spiro atoms. The SMILES string of the molecule is COCCOC(=O)c1cc(-n2c(=O)c3c(n(C)c2=O)CCC3)c(F)cc1Cl. The summed E-state index contributed by atoms with van der Waals surface area (Å²) in [5, 5.41) is -0.176. The highest BCUT2D eigenvalue weighted by molar-refractivity contribution is 6.33. The third kappa shape index (κ3) is 3.42. The lowest BCUT2D eigenvalue weighted by Crippen LogP contribution is -2.41. The highest BCUT2D eigenvalue weighted by atomic mass is 35.5. The lowest BCUT2D eigenvalue weighted by Gasteiger charge is -2.14. The molecule has 0 unspecified atom stereocenters. The second-order valence-corrected chi connectivity index (χ2v) is 6.58. The minimum atomic E-state index is -0.884. The third-order valence-electron chi connectivity index (χ3n) is 4.55. The predicted octanol–water partition coefficient (Wildman–Crippen LogP) is 1.62. The van der Waals surface area contributed by atoms with Gasteiger partial charge in [0, 0.05) is 25.4 Å². The van der Waals surface area contributed by atoms with E-state index in [1.807, 2.05) is 0 Å². The summed E-state index contributed by atoms with van der Waals surface area (Å²) in [5.74, 6) is -1.69. The van der Waals surface area contributed by atoms with Crippen LogP contribution in [0.15, 0.2) is 21.7 Å². The van der Waals surface area contributed by atoms with Crippen LogP contribution in [0.3, 0.4) is 0 Å². The zero-order valence-electron chi connectivity index (χ0n) is 14.9. The molecule has 1 heterocycles. The lowest BCUT2D eigenvalue weighted by molar-refractivity contribution is 0.0388. The number of ether oxygens (including phenoxy) is 2. The van der Waals surface area contributed by atoms with Crippen LogP contribution in [0.4, 0.5) is 4.39 Å². The number of fused-ring (bicyclic) bond motifs is 1. The van der Waals surface area contributed by atoms with E-state index in [2.05, 4.69) is 0 Å². The molecular weight excluding hydrogens is 379 g/mol. The summed E-state index contributed by atoms with van der Waals surface area (Å²) >= 11 is 5.96. The minimum absolute atomic E-state index is 0.0149. The summed E-state index contributed by atoms with van der Waals surface area (Å²) in [5.41, 5.74) is -0.589. The number of rotatable bonds is 5. The van der Waals surface area contributed by atoms with Gasteiger partial charge in [-0.05, 0) is 31.4 Å². The Balaban J connectivity index is 2.15. The molecule has 0 atom stereocenters. The first-order valence-electron chi connectivity index (χ1n) is 8.36. The monoisotopic (exact) mass is 396 g/mol. The molecule has 7 nitrogen and oxygen atoms in total. The fraction of sp³-hybridized carbons (Fsp3) is 0.389.